The van der Waals surface area contributed by atoms with E-state index >= 15 is 0 Å². The van der Waals surface area contributed by atoms with Gasteiger partial charge in [-0.05, 0) is 36.2 Å². The summed E-state index contributed by atoms with van der Waals surface area (Å²) in [5.74, 6) is -0.143. The fraction of sp³-hybridized carbons (Fsp3) is 0.333. The largest absolute Gasteiger partial charge is 0.493 e. The van der Waals surface area contributed by atoms with Gasteiger partial charge in [-0.25, -0.2) is 4.98 Å². The van der Waals surface area contributed by atoms with Gasteiger partial charge in [-0.2, -0.15) is 13.2 Å². The highest BCUT2D eigenvalue weighted by Crippen LogP contribution is 2.38. The number of ether oxygens (including phenoxy) is 1. The van der Waals surface area contributed by atoms with E-state index in [1.807, 2.05) is 24.4 Å². The van der Waals surface area contributed by atoms with Crippen LogP contribution in [0.15, 0.2) is 48.1 Å². The van der Waals surface area contributed by atoms with Crippen LogP contribution >= 0.6 is 11.3 Å². The van der Waals surface area contributed by atoms with Crippen molar-refractivity contribution in [3.8, 4) is 5.75 Å². The zero-order valence-corrected chi connectivity index (χ0v) is 16.8. The summed E-state index contributed by atoms with van der Waals surface area (Å²) in [5, 5.41) is 5.38. The van der Waals surface area contributed by atoms with Gasteiger partial charge in [0, 0.05) is 29.9 Å². The van der Waals surface area contributed by atoms with Crippen molar-refractivity contribution in [1.29, 1.82) is 0 Å². The number of nitrogens with zero attached hydrogens (tertiary/aromatic N) is 2. The molecule has 0 unspecified atom stereocenters. The second-order valence-corrected chi connectivity index (χ2v) is 7.43. The molecule has 29 heavy (non-hydrogen) atoms. The molecule has 1 N–H and O–H groups in total. The van der Waals surface area contributed by atoms with Crippen LogP contribution in [0.1, 0.15) is 43.0 Å². The number of pyridine rings is 1. The van der Waals surface area contributed by atoms with Crippen LogP contribution in [-0.4, -0.2) is 16.6 Å². The van der Waals surface area contributed by atoms with Crippen LogP contribution in [0.25, 0.3) is 0 Å². The molecule has 0 bridgehead atoms. The average molecular weight is 421 g/mol. The van der Waals surface area contributed by atoms with Crippen LogP contribution in [0.3, 0.4) is 0 Å². The number of aromatic nitrogens is 2. The first-order chi connectivity index (χ1) is 14.0. The Morgan fingerprint density at radius 3 is 2.76 bits per heavy atom. The maximum Gasteiger partial charge on any atom is 0.420 e. The highest BCUT2D eigenvalue weighted by atomic mass is 32.1. The molecule has 0 radical (unpaired) electrons. The number of anilines is 2. The lowest BCUT2D eigenvalue weighted by atomic mass is 10.1. The van der Waals surface area contributed by atoms with Gasteiger partial charge in [0.1, 0.15) is 5.75 Å². The zero-order chi connectivity index (χ0) is 20.7. The predicted molar refractivity (Wildman–Crippen MR) is 109 cm³/mol. The molecule has 0 saturated heterocycles. The average Bonchev–Trinajstić information content (AvgIpc) is 3.13. The molecule has 0 aliphatic rings. The highest BCUT2D eigenvalue weighted by Gasteiger charge is 2.34. The van der Waals surface area contributed by atoms with E-state index in [1.54, 1.807) is 18.5 Å². The standard InChI is InChI=1S/C21H22F3N3OS/c1-2-3-4-10-28-19-8-7-16(12-18(19)21(22,23)24)26-20-27-17(14-29-20)11-15-6-5-9-25-13-15/h5-9,12-14H,2-4,10-11H2,1H3,(H,26,27). The van der Waals surface area contributed by atoms with Crippen molar-refractivity contribution in [2.75, 3.05) is 11.9 Å². The molecule has 154 valence electrons. The minimum absolute atomic E-state index is 0.143. The van der Waals surface area contributed by atoms with Gasteiger partial charge in [0.05, 0.1) is 17.9 Å². The number of hydrogen-bond donors (Lipinski definition) is 1. The van der Waals surface area contributed by atoms with Crippen LogP contribution < -0.4 is 10.1 Å². The first kappa shape index (κ1) is 21.1. The zero-order valence-electron chi connectivity index (χ0n) is 16.0. The van der Waals surface area contributed by atoms with Gasteiger partial charge in [0.25, 0.3) is 0 Å². The second kappa shape index (κ2) is 9.73. The molecule has 3 aromatic rings. The topological polar surface area (TPSA) is 47.0 Å². The molecule has 3 rings (SSSR count). The van der Waals surface area contributed by atoms with E-state index < -0.39 is 11.7 Å². The lowest BCUT2D eigenvalue weighted by Gasteiger charge is -2.15. The quantitative estimate of drug-likeness (QED) is 0.403. The van der Waals surface area contributed by atoms with Gasteiger partial charge in [-0.3, -0.25) is 4.98 Å². The van der Waals surface area contributed by atoms with Gasteiger partial charge in [-0.1, -0.05) is 25.8 Å². The summed E-state index contributed by atoms with van der Waals surface area (Å²) < 4.78 is 45.8. The third kappa shape index (κ3) is 6.19. The maximum absolute atomic E-state index is 13.5. The summed E-state index contributed by atoms with van der Waals surface area (Å²) in [7, 11) is 0. The molecule has 8 heteroatoms. The normalized spacial score (nSPS) is 11.4. The van der Waals surface area contributed by atoms with E-state index in [9.17, 15) is 13.2 Å². The molecule has 0 atom stereocenters. The summed E-state index contributed by atoms with van der Waals surface area (Å²) in [6.45, 7) is 2.30. The molecule has 2 aromatic heterocycles. The Balaban J connectivity index is 1.70. The summed E-state index contributed by atoms with van der Waals surface area (Å²) in [6.07, 6.45) is 2.22. The third-order valence-electron chi connectivity index (χ3n) is 4.20. The van der Waals surface area contributed by atoms with Crippen LogP contribution in [0.4, 0.5) is 24.0 Å². The molecule has 0 aliphatic carbocycles. The summed E-state index contributed by atoms with van der Waals surface area (Å²) >= 11 is 1.35. The fourth-order valence-corrected chi connectivity index (χ4v) is 3.50. The number of halogens is 3. The molecule has 0 aliphatic heterocycles. The van der Waals surface area contributed by atoms with E-state index in [-0.39, 0.29) is 12.4 Å². The van der Waals surface area contributed by atoms with E-state index in [2.05, 4.69) is 15.3 Å². The first-order valence-electron chi connectivity index (χ1n) is 9.40. The Bertz CT molecular complexity index is 913. The predicted octanol–water partition coefficient (Wildman–Crippen LogP) is 6.46. The van der Waals surface area contributed by atoms with Crippen molar-refractivity contribution in [3.05, 3.63) is 64.9 Å². The fourth-order valence-electron chi connectivity index (χ4n) is 2.77. The Morgan fingerprint density at radius 2 is 2.03 bits per heavy atom. The van der Waals surface area contributed by atoms with E-state index in [0.717, 1.165) is 36.6 Å². The van der Waals surface area contributed by atoms with Gasteiger partial charge < -0.3 is 10.1 Å². The number of benzene rings is 1. The molecule has 0 spiro atoms. The number of thiazole rings is 1. The molecule has 0 saturated carbocycles. The smallest absolute Gasteiger partial charge is 0.420 e. The minimum atomic E-state index is -4.49. The van der Waals surface area contributed by atoms with E-state index in [1.165, 1.54) is 17.4 Å². The lowest BCUT2D eigenvalue weighted by molar-refractivity contribution is -0.138. The molecule has 4 nitrogen and oxygen atoms in total. The van der Waals surface area contributed by atoms with Crippen LogP contribution in [0, 0.1) is 0 Å². The van der Waals surface area contributed by atoms with Crippen molar-refractivity contribution >= 4 is 22.2 Å². The number of hydrogen-bond acceptors (Lipinski definition) is 5. The first-order valence-corrected chi connectivity index (χ1v) is 10.3. The number of nitrogens with one attached hydrogen (secondary N) is 1. The summed E-state index contributed by atoms with van der Waals surface area (Å²) in [4.78, 5) is 8.52. The second-order valence-electron chi connectivity index (χ2n) is 6.57. The Hall–Kier alpha value is -2.61. The highest BCUT2D eigenvalue weighted by molar-refractivity contribution is 7.13. The Morgan fingerprint density at radius 1 is 1.17 bits per heavy atom. The van der Waals surface area contributed by atoms with Crippen LogP contribution in [-0.2, 0) is 12.6 Å². The Kier molecular flexibility index (Phi) is 7.09. The minimum Gasteiger partial charge on any atom is -0.493 e. The van der Waals surface area contributed by atoms with Crippen LogP contribution in [0.2, 0.25) is 0 Å². The summed E-state index contributed by atoms with van der Waals surface area (Å²) in [6, 6.07) is 7.81. The number of rotatable bonds is 9. The van der Waals surface area contributed by atoms with Crippen molar-refractivity contribution in [2.45, 2.75) is 38.8 Å². The summed E-state index contributed by atoms with van der Waals surface area (Å²) in [5.41, 5.74) is 1.39. The van der Waals surface area contributed by atoms with Gasteiger partial charge in [0.15, 0.2) is 5.13 Å². The molecular weight excluding hydrogens is 399 g/mol. The van der Waals surface area contributed by atoms with E-state index in [0.29, 0.717) is 17.2 Å². The lowest BCUT2D eigenvalue weighted by Crippen LogP contribution is -2.10. The van der Waals surface area contributed by atoms with Crippen molar-refractivity contribution in [2.24, 2.45) is 0 Å². The third-order valence-corrected chi connectivity index (χ3v) is 5.01. The molecule has 0 fully saturated rings. The SMILES string of the molecule is CCCCCOc1ccc(Nc2nc(Cc3cccnc3)cs2)cc1C(F)(F)F. The Labute approximate surface area is 171 Å². The van der Waals surface area contributed by atoms with Crippen molar-refractivity contribution in [3.63, 3.8) is 0 Å². The van der Waals surface area contributed by atoms with Gasteiger partial charge in [-0.15, -0.1) is 11.3 Å². The number of alkyl halides is 3. The molecule has 1 aromatic carbocycles. The van der Waals surface area contributed by atoms with Crippen molar-refractivity contribution < 1.29 is 17.9 Å². The van der Waals surface area contributed by atoms with Gasteiger partial charge in [0.2, 0.25) is 0 Å². The monoisotopic (exact) mass is 421 g/mol. The van der Waals surface area contributed by atoms with Gasteiger partial charge >= 0.3 is 6.18 Å². The van der Waals surface area contributed by atoms with E-state index in [4.69, 9.17) is 4.74 Å². The van der Waals surface area contributed by atoms with Crippen molar-refractivity contribution in [1.82, 2.24) is 9.97 Å². The number of unbranched alkanes of at least 4 members (excludes halogenated alkanes) is 2. The molecule has 2 heterocycles. The van der Waals surface area contributed by atoms with Crippen LogP contribution in [0.5, 0.6) is 5.75 Å². The maximum atomic E-state index is 13.5. The molecule has 0 amide bonds. The molecular formula is C21H22F3N3OS.